The van der Waals surface area contributed by atoms with Crippen LogP contribution in [0.4, 0.5) is 10.1 Å². The van der Waals surface area contributed by atoms with Gasteiger partial charge in [-0.25, -0.2) is 4.39 Å². The summed E-state index contributed by atoms with van der Waals surface area (Å²) in [5, 5.41) is 4.89. The predicted molar refractivity (Wildman–Crippen MR) is 58.3 cm³/mol. The molecule has 4 nitrogen and oxygen atoms in total. The highest BCUT2D eigenvalue weighted by atomic mass is 19.1. The molecule has 0 atom stereocenters. The standard InChI is InChI=1S/C11H13FN2O2/c1-2-10(15)13-7-11(16)14-9-5-3-4-8(12)6-9/h3-6H,2,7H2,1H3,(H,13,15)(H,14,16). The Morgan fingerprint density at radius 3 is 2.69 bits per heavy atom. The largest absolute Gasteiger partial charge is 0.347 e. The van der Waals surface area contributed by atoms with Gasteiger partial charge in [-0.2, -0.15) is 0 Å². The molecule has 0 saturated heterocycles. The fraction of sp³-hybridized carbons (Fsp3) is 0.273. The number of nitrogens with one attached hydrogen (secondary N) is 2. The fourth-order valence-corrected chi connectivity index (χ4v) is 1.08. The van der Waals surface area contributed by atoms with E-state index in [9.17, 15) is 14.0 Å². The average Bonchev–Trinajstić information content (AvgIpc) is 2.26. The normalized spacial score (nSPS) is 9.62. The highest BCUT2D eigenvalue weighted by Crippen LogP contribution is 2.08. The molecule has 0 unspecified atom stereocenters. The molecule has 0 bridgehead atoms. The Kier molecular flexibility index (Phi) is 4.44. The van der Waals surface area contributed by atoms with Gasteiger partial charge >= 0.3 is 0 Å². The number of carbonyl (C=O) groups excluding carboxylic acids is 2. The molecule has 0 heterocycles. The van der Waals surface area contributed by atoms with Crippen molar-refractivity contribution in [1.82, 2.24) is 5.32 Å². The Hall–Kier alpha value is -1.91. The van der Waals surface area contributed by atoms with Gasteiger partial charge in [0, 0.05) is 12.1 Å². The number of amides is 2. The molecule has 0 fully saturated rings. The lowest BCUT2D eigenvalue weighted by molar-refractivity contribution is -0.123. The molecule has 0 saturated carbocycles. The van der Waals surface area contributed by atoms with E-state index >= 15 is 0 Å². The average molecular weight is 224 g/mol. The zero-order chi connectivity index (χ0) is 12.0. The van der Waals surface area contributed by atoms with Gasteiger partial charge in [0.2, 0.25) is 11.8 Å². The Labute approximate surface area is 92.8 Å². The first-order valence-corrected chi connectivity index (χ1v) is 4.94. The monoisotopic (exact) mass is 224 g/mol. The SMILES string of the molecule is CCC(=O)NCC(=O)Nc1cccc(F)c1. The molecule has 2 amide bonds. The fourth-order valence-electron chi connectivity index (χ4n) is 1.08. The van der Waals surface area contributed by atoms with Gasteiger partial charge in [-0.15, -0.1) is 0 Å². The number of benzene rings is 1. The first kappa shape index (κ1) is 12.2. The summed E-state index contributed by atoms with van der Waals surface area (Å²) in [7, 11) is 0. The zero-order valence-electron chi connectivity index (χ0n) is 8.92. The highest BCUT2D eigenvalue weighted by Gasteiger charge is 2.04. The predicted octanol–water partition coefficient (Wildman–Crippen LogP) is 1.29. The lowest BCUT2D eigenvalue weighted by atomic mass is 10.3. The van der Waals surface area contributed by atoms with Crippen molar-refractivity contribution < 1.29 is 14.0 Å². The Morgan fingerprint density at radius 1 is 1.31 bits per heavy atom. The van der Waals surface area contributed by atoms with E-state index in [-0.39, 0.29) is 18.4 Å². The molecular weight excluding hydrogens is 211 g/mol. The van der Waals surface area contributed by atoms with Gasteiger partial charge in [-0.3, -0.25) is 9.59 Å². The number of rotatable bonds is 4. The maximum Gasteiger partial charge on any atom is 0.243 e. The van der Waals surface area contributed by atoms with Gasteiger partial charge in [0.25, 0.3) is 0 Å². The van der Waals surface area contributed by atoms with Crippen LogP contribution in [0.1, 0.15) is 13.3 Å². The summed E-state index contributed by atoms with van der Waals surface area (Å²) in [5.74, 6) is -1.00. The minimum atomic E-state index is -0.421. The van der Waals surface area contributed by atoms with Crippen LogP contribution < -0.4 is 10.6 Å². The lowest BCUT2D eigenvalue weighted by Crippen LogP contribution is -2.32. The summed E-state index contributed by atoms with van der Waals surface area (Å²) in [5.41, 5.74) is 0.371. The first-order valence-electron chi connectivity index (χ1n) is 4.94. The second-order valence-electron chi connectivity index (χ2n) is 3.19. The van der Waals surface area contributed by atoms with E-state index in [4.69, 9.17) is 0 Å². The summed E-state index contributed by atoms with van der Waals surface area (Å²) in [6, 6.07) is 5.56. The summed E-state index contributed by atoms with van der Waals surface area (Å²) in [6.45, 7) is 1.59. The maximum atomic E-state index is 12.8. The molecule has 1 rings (SSSR count). The van der Waals surface area contributed by atoms with E-state index in [1.807, 2.05) is 0 Å². The van der Waals surface area contributed by atoms with E-state index in [0.29, 0.717) is 12.1 Å². The van der Waals surface area contributed by atoms with Gasteiger partial charge in [0.1, 0.15) is 5.82 Å². The number of anilines is 1. The molecule has 5 heteroatoms. The molecular formula is C11H13FN2O2. The number of halogens is 1. The molecule has 16 heavy (non-hydrogen) atoms. The van der Waals surface area contributed by atoms with Crippen molar-refractivity contribution in [1.29, 1.82) is 0 Å². The first-order chi connectivity index (χ1) is 7.61. The molecule has 0 aliphatic heterocycles. The number of hydrogen-bond donors (Lipinski definition) is 2. The van der Waals surface area contributed by atoms with Crippen LogP contribution in [0, 0.1) is 5.82 Å². The van der Waals surface area contributed by atoms with E-state index in [1.54, 1.807) is 13.0 Å². The van der Waals surface area contributed by atoms with Crippen molar-refractivity contribution in [2.24, 2.45) is 0 Å². The minimum absolute atomic E-state index is 0.108. The van der Waals surface area contributed by atoms with Crippen LogP contribution in [0.15, 0.2) is 24.3 Å². The third kappa shape index (κ3) is 4.08. The number of carbonyl (C=O) groups is 2. The van der Waals surface area contributed by atoms with Crippen molar-refractivity contribution in [2.75, 3.05) is 11.9 Å². The molecule has 86 valence electrons. The van der Waals surface area contributed by atoms with Crippen LogP contribution in [0.2, 0.25) is 0 Å². The van der Waals surface area contributed by atoms with E-state index < -0.39 is 5.82 Å². The Balaban J connectivity index is 2.43. The van der Waals surface area contributed by atoms with Crippen molar-refractivity contribution in [2.45, 2.75) is 13.3 Å². The van der Waals surface area contributed by atoms with Gasteiger partial charge in [-0.1, -0.05) is 13.0 Å². The van der Waals surface area contributed by atoms with E-state index in [2.05, 4.69) is 10.6 Å². The van der Waals surface area contributed by atoms with Gasteiger partial charge in [0.15, 0.2) is 0 Å². The maximum absolute atomic E-state index is 12.8. The van der Waals surface area contributed by atoms with Gasteiger partial charge in [0.05, 0.1) is 6.54 Å². The summed E-state index contributed by atoms with van der Waals surface area (Å²) in [6.07, 6.45) is 0.327. The topological polar surface area (TPSA) is 58.2 Å². The highest BCUT2D eigenvalue weighted by molar-refractivity contribution is 5.94. The third-order valence-electron chi connectivity index (χ3n) is 1.88. The molecule has 0 aliphatic carbocycles. The molecule has 0 aromatic heterocycles. The molecule has 1 aromatic rings. The third-order valence-corrected chi connectivity index (χ3v) is 1.88. The van der Waals surface area contributed by atoms with Gasteiger partial charge < -0.3 is 10.6 Å². The molecule has 2 N–H and O–H groups in total. The molecule has 0 radical (unpaired) electrons. The van der Waals surface area contributed by atoms with Crippen LogP contribution in [0.5, 0.6) is 0 Å². The molecule has 0 spiro atoms. The van der Waals surface area contributed by atoms with Crippen molar-refractivity contribution in [3.8, 4) is 0 Å². The van der Waals surface area contributed by atoms with Crippen molar-refractivity contribution in [3.63, 3.8) is 0 Å². The van der Waals surface area contributed by atoms with E-state index in [1.165, 1.54) is 18.2 Å². The van der Waals surface area contributed by atoms with E-state index in [0.717, 1.165) is 0 Å². The van der Waals surface area contributed by atoms with Crippen LogP contribution in [0.25, 0.3) is 0 Å². The van der Waals surface area contributed by atoms with Crippen molar-refractivity contribution >= 4 is 17.5 Å². The van der Waals surface area contributed by atoms with Crippen LogP contribution in [-0.2, 0) is 9.59 Å². The lowest BCUT2D eigenvalue weighted by Gasteiger charge is -2.05. The molecule has 0 aliphatic rings. The number of hydrogen-bond acceptors (Lipinski definition) is 2. The summed E-state index contributed by atoms with van der Waals surface area (Å²) >= 11 is 0. The Bertz CT molecular complexity index is 393. The summed E-state index contributed by atoms with van der Waals surface area (Å²) in [4.78, 5) is 22.2. The van der Waals surface area contributed by atoms with Crippen LogP contribution in [-0.4, -0.2) is 18.4 Å². The second-order valence-corrected chi connectivity index (χ2v) is 3.19. The second kappa shape index (κ2) is 5.85. The van der Waals surface area contributed by atoms with Gasteiger partial charge in [-0.05, 0) is 18.2 Å². The van der Waals surface area contributed by atoms with Crippen molar-refractivity contribution in [3.05, 3.63) is 30.1 Å². The van der Waals surface area contributed by atoms with Crippen LogP contribution in [0.3, 0.4) is 0 Å². The van der Waals surface area contributed by atoms with Crippen LogP contribution >= 0.6 is 0 Å². The zero-order valence-corrected chi connectivity index (χ0v) is 8.92. The molecule has 1 aromatic carbocycles. The smallest absolute Gasteiger partial charge is 0.243 e. The summed E-state index contributed by atoms with van der Waals surface area (Å²) < 4.78 is 12.8. The quantitative estimate of drug-likeness (QED) is 0.809. The minimum Gasteiger partial charge on any atom is -0.347 e. The Morgan fingerprint density at radius 2 is 2.06 bits per heavy atom.